The minimum absolute atomic E-state index is 0.747. The Hall–Kier alpha value is -0.530. The maximum atomic E-state index is 6.02. The maximum absolute atomic E-state index is 6.02. The van der Waals surface area contributed by atoms with Crippen LogP contribution in [0.15, 0.2) is 24.3 Å². The molecular weight excluding hydrogens is 242 g/mol. The lowest BCUT2D eigenvalue weighted by Gasteiger charge is -2.31. The molecule has 1 saturated carbocycles. The monoisotopic (exact) mass is 263 g/mol. The summed E-state index contributed by atoms with van der Waals surface area (Å²) in [5, 5.41) is 3.68. The SMILES string of the molecule is ClCC1CCCC1CNCC1Cc2ccccc21. The van der Waals surface area contributed by atoms with E-state index in [0.717, 1.165) is 36.7 Å². The topological polar surface area (TPSA) is 12.0 Å². The van der Waals surface area contributed by atoms with Crippen molar-refractivity contribution in [3.05, 3.63) is 35.4 Å². The summed E-state index contributed by atoms with van der Waals surface area (Å²) in [6.45, 7) is 2.30. The molecule has 0 aliphatic heterocycles. The van der Waals surface area contributed by atoms with E-state index < -0.39 is 0 Å². The minimum atomic E-state index is 0.747. The number of nitrogens with one attached hydrogen (secondary N) is 1. The Kier molecular flexibility index (Phi) is 3.91. The number of hydrogen-bond acceptors (Lipinski definition) is 1. The normalized spacial score (nSPS) is 29.9. The average molecular weight is 264 g/mol. The van der Waals surface area contributed by atoms with E-state index in [1.165, 1.54) is 25.7 Å². The van der Waals surface area contributed by atoms with Crippen LogP contribution in [0.25, 0.3) is 0 Å². The molecule has 0 aromatic heterocycles. The molecule has 1 fully saturated rings. The Labute approximate surface area is 115 Å². The molecule has 0 heterocycles. The van der Waals surface area contributed by atoms with Gasteiger partial charge >= 0.3 is 0 Å². The predicted octanol–water partition coefficient (Wildman–Crippen LogP) is 3.57. The van der Waals surface area contributed by atoms with Crippen LogP contribution in [0.1, 0.15) is 36.3 Å². The predicted molar refractivity (Wildman–Crippen MR) is 77.3 cm³/mol. The number of benzene rings is 1. The van der Waals surface area contributed by atoms with E-state index in [2.05, 4.69) is 29.6 Å². The summed E-state index contributed by atoms with van der Waals surface area (Å²) in [5.74, 6) is 3.17. The molecular formula is C16H22ClN. The molecule has 2 aliphatic rings. The van der Waals surface area contributed by atoms with Crippen LogP contribution < -0.4 is 5.32 Å². The molecule has 1 nitrogen and oxygen atoms in total. The van der Waals surface area contributed by atoms with Crippen LogP contribution in [-0.2, 0) is 6.42 Å². The van der Waals surface area contributed by atoms with Gasteiger partial charge in [0.2, 0.25) is 0 Å². The second-order valence-corrected chi connectivity index (χ2v) is 6.17. The Morgan fingerprint density at radius 2 is 1.94 bits per heavy atom. The molecule has 2 aliphatic carbocycles. The summed E-state index contributed by atoms with van der Waals surface area (Å²) in [4.78, 5) is 0. The highest BCUT2D eigenvalue weighted by atomic mass is 35.5. The van der Waals surface area contributed by atoms with Gasteiger partial charge in [0.25, 0.3) is 0 Å². The largest absolute Gasteiger partial charge is 0.316 e. The molecule has 1 aromatic rings. The zero-order valence-electron chi connectivity index (χ0n) is 10.9. The third-order valence-corrected chi connectivity index (χ3v) is 5.17. The third-order valence-electron chi connectivity index (χ3n) is 4.77. The number of fused-ring (bicyclic) bond motifs is 1. The highest BCUT2D eigenvalue weighted by Gasteiger charge is 2.28. The molecule has 18 heavy (non-hydrogen) atoms. The molecule has 3 unspecified atom stereocenters. The van der Waals surface area contributed by atoms with Crippen molar-refractivity contribution in [3.63, 3.8) is 0 Å². The van der Waals surface area contributed by atoms with Crippen molar-refractivity contribution in [1.82, 2.24) is 5.32 Å². The highest BCUT2D eigenvalue weighted by Crippen LogP contribution is 2.35. The maximum Gasteiger partial charge on any atom is 0.0254 e. The quantitative estimate of drug-likeness (QED) is 0.801. The van der Waals surface area contributed by atoms with E-state index in [-0.39, 0.29) is 0 Å². The summed E-state index contributed by atoms with van der Waals surface area (Å²) in [6, 6.07) is 8.84. The van der Waals surface area contributed by atoms with Gasteiger partial charge in [-0.3, -0.25) is 0 Å². The fraction of sp³-hybridized carbons (Fsp3) is 0.625. The zero-order valence-corrected chi connectivity index (χ0v) is 11.6. The molecule has 0 amide bonds. The Morgan fingerprint density at radius 1 is 1.11 bits per heavy atom. The fourth-order valence-electron chi connectivity index (χ4n) is 3.57. The van der Waals surface area contributed by atoms with Gasteiger partial charge in [-0.15, -0.1) is 11.6 Å². The lowest BCUT2D eigenvalue weighted by molar-refractivity contribution is 0.385. The summed E-state index contributed by atoms with van der Waals surface area (Å²) in [6.07, 6.45) is 5.33. The number of halogens is 1. The summed E-state index contributed by atoms with van der Waals surface area (Å²) in [7, 11) is 0. The number of alkyl halides is 1. The first kappa shape index (κ1) is 12.5. The highest BCUT2D eigenvalue weighted by molar-refractivity contribution is 6.18. The molecule has 2 heteroatoms. The van der Waals surface area contributed by atoms with Crippen LogP contribution in [0.4, 0.5) is 0 Å². The van der Waals surface area contributed by atoms with Crippen molar-refractivity contribution in [2.75, 3.05) is 19.0 Å². The van der Waals surface area contributed by atoms with E-state index in [1.807, 2.05) is 0 Å². The lowest BCUT2D eigenvalue weighted by Crippen LogP contribution is -2.33. The third kappa shape index (κ3) is 2.44. The average Bonchev–Trinajstić information content (AvgIpc) is 2.82. The molecule has 0 saturated heterocycles. The van der Waals surface area contributed by atoms with Gasteiger partial charge in [0.05, 0.1) is 0 Å². The molecule has 3 atom stereocenters. The van der Waals surface area contributed by atoms with Gasteiger partial charge in [-0.2, -0.15) is 0 Å². The molecule has 0 spiro atoms. The molecule has 0 bridgehead atoms. The van der Waals surface area contributed by atoms with Crippen molar-refractivity contribution in [1.29, 1.82) is 0 Å². The van der Waals surface area contributed by atoms with Crippen molar-refractivity contribution in [2.24, 2.45) is 11.8 Å². The second-order valence-electron chi connectivity index (χ2n) is 5.86. The van der Waals surface area contributed by atoms with Gasteiger partial charge in [0.1, 0.15) is 0 Å². The number of rotatable bonds is 5. The van der Waals surface area contributed by atoms with Crippen LogP contribution in [0.2, 0.25) is 0 Å². The van der Waals surface area contributed by atoms with Crippen molar-refractivity contribution in [3.8, 4) is 0 Å². The molecule has 0 radical (unpaired) electrons. The summed E-state index contributed by atoms with van der Waals surface area (Å²) < 4.78 is 0. The van der Waals surface area contributed by atoms with E-state index in [1.54, 1.807) is 11.1 Å². The van der Waals surface area contributed by atoms with Gasteiger partial charge in [0.15, 0.2) is 0 Å². The van der Waals surface area contributed by atoms with Gasteiger partial charge in [0, 0.05) is 18.3 Å². The van der Waals surface area contributed by atoms with E-state index in [4.69, 9.17) is 11.6 Å². The van der Waals surface area contributed by atoms with E-state index in [9.17, 15) is 0 Å². The summed E-state index contributed by atoms with van der Waals surface area (Å²) in [5.41, 5.74) is 3.11. The first-order valence-corrected chi connectivity index (χ1v) is 7.76. The fourth-order valence-corrected chi connectivity index (χ4v) is 3.98. The van der Waals surface area contributed by atoms with Crippen molar-refractivity contribution in [2.45, 2.75) is 31.6 Å². The molecule has 98 valence electrons. The Bertz CT molecular complexity index is 404. The van der Waals surface area contributed by atoms with E-state index in [0.29, 0.717) is 0 Å². The van der Waals surface area contributed by atoms with Crippen LogP contribution in [0.5, 0.6) is 0 Å². The Balaban J connectivity index is 1.44. The molecule has 1 aromatic carbocycles. The summed E-state index contributed by atoms with van der Waals surface area (Å²) >= 11 is 6.02. The first-order chi connectivity index (χ1) is 8.88. The smallest absolute Gasteiger partial charge is 0.0254 e. The first-order valence-electron chi connectivity index (χ1n) is 7.23. The second kappa shape index (κ2) is 5.63. The lowest BCUT2D eigenvalue weighted by atomic mass is 9.77. The number of hydrogen-bond donors (Lipinski definition) is 1. The van der Waals surface area contributed by atoms with Gasteiger partial charge < -0.3 is 5.32 Å². The molecule has 1 N–H and O–H groups in total. The van der Waals surface area contributed by atoms with Crippen LogP contribution in [0.3, 0.4) is 0 Å². The van der Waals surface area contributed by atoms with Gasteiger partial charge in [-0.1, -0.05) is 30.7 Å². The van der Waals surface area contributed by atoms with Gasteiger partial charge in [-0.25, -0.2) is 0 Å². The van der Waals surface area contributed by atoms with Crippen LogP contribution >= 0.6 is 11.6 Å². The minimum Gasteiger partial charge on any atom is -0.316 e. The van der Waals surface area contributed by atoms with Crippen molar-refractivity contribution >= 4 is 11.6 Å². The standard InChI is InChI=1S/C16H22ClN/c17-9-13-5-3-6-14(13)10-18-11-15-8-12-4-1-2-7-16(12)15/h1-2,4,7,13-15,18H,3,5-6,8-11H2. The van der Waals surface area contributed by atoms with Crippen LogP contribution in [-0.4, -0.2) is 19.0 Å². The van der Waals surface area contributed by atoms with E-state index >= 15 is 0 Å². The zero-order chi connectivity index (χ0) is 12.4. The van der Waals surface area contributed by atoms with Crippen molar-refractivity contribution < 1.29 is 0 Å². The molecule has 3 rings (SSSR count). The van der Waals surface area contributed by atoms with Crippen LogP contribution in [0, 0.1) is 11.8 Å². The van der Waals surface area contributed by atoms with Gasteiger partial charge in [-0.05, 0) is 48.8 Å². The Morgan fingerprint density at radius 3 is 2.78 bits per heavy atom.